The van der Waals surface area contributed by atoms with Crippen LogP contribution in [0.4, 0.5) is 34.1 Å². The van der Waals surface area contributed by atoms with Crippen LogP contribution in [-0.4, -0.2) is 32.5 Å². The van der Waals surface area contributed by atoms with Gasteiger partial charge in [0.25, 0.3) is 0 Å². The first-order valence-electron chi connectivity index (χ1n) is 13.3. The van der Waals surface area contributed by atoms with Crippen LogP contribution in [0.15, 0.2) is 133 Å². The van der Waals surface area contributed by atoms with Crippen molar-refractivity contribution in [2.24, 2.45) is 20.5 Å². The molecule has 0 spiro atoms. The maximum Gasteiger partial charge on any atom is 1.00 e. The number of fused-ring (bicyclic) bond motifs is 1. The van der Waals surface area contributed by atoms with Gasteiger partial charge in [0.2, 0.25) is 0 Å². The fourth-order valence-corrected chi connectivity index (χ4v) is 5.81. The molecule has 0 saturated heterocycles. The second kappa shape index (κ2) is 15.8. The smallest absolute Gasteiger partial charge is 0.744 e. The molecule has 0 aliphatic carbocycles. The molecular weight excluding hydrogens is 648 g/mol. The number of benzene rings is 5. The topological polar surface area (TPSA) is 167 Å². The quantitative estimate of drug-likeness (QED) is 0.131. The van der Waals surface area contributed by atoms with Crippen molar-refractivity contribution in [1.29, 1.82) is 0 Å². The molecule has 224 valence electrons. The van der Waals surface area contributed by atoms with E-state index in [4.69, 9.17) is 0 Å². The van der Waals surface area contributed by atoms with Crippen molar-refractivity contribution in [1.82, 2.24) is 0 Å². The number of anilines is 2. The minimum absolute atomic E-state index is 0. The number of azo groups is 2. The summed E-state index contributed by atoms with van der Waals surface area (Å²) < 4.78 is 70.9. The van der Waals surface area contributed by atoms with Crippen LogP contribution in [0.1, 0.15) is 12.5 Å². The van der Waals surface area contributed by atoms with Crippen LogP contribution in [0.25, 0.3) is 10.8 Å². The Morgan fingerprint density at radius 2 is 1.20 bits per heavy atom. The summed E-state index contributed by atoms with van der Waals surface area (Å²) >= 11 is 0. The molecule has 15 heteroatoms. The molecule has 0 saturated carbocycles. The number of para-hydroxylation sites is 1. The van der Waals surface area contributed by atoms with Crippen molar-refractivity contribution in [3.05, 3.63) is 109 Å². The second-order valence-electron chi connectivity index (χ2n) is 9.64. The molecule has 0 N–H and O–H groups in total. The summed E-state index contributed by atoms with van der Waals surface area (Å²) in [5, 5.41) is 18.0. The summed E-state index contributed by atoms with van der Waals surface area (Å²) in [5.74, 6) is 0. The Kier molecular flexibility index (Phi) is 13.0. The molecule has 0 atom stereocenters. The first-order valence-corrected chi connectivity index (χ1v) is 16.1. The van der Waals surface area contributed by atoms with Crippen molar-refractivity contribution in [2.45, 2.75) is 23.6 Å². The van der Waals surface area contributed by atoms with Crippen LogP contribution < -0.4 is 64.0 Å². The summed E-state index contributed by atoms with van der Waals surface area (Å²) in [7, 11) is -9.55. The van der Waals surface area contributed by atoms with E-state index in [1.807, 2.05) is 43.0 Å². The number of hydrogen-bond donors (Lipinski definition) is 0. The molecule has 0 aromatic heterocycles. The van der Waals surface area contributed by atoms with Crippen LogP contribution >= 0.6 is 0 Å². The first-order chi connectivity index (χ1) is 21.0. The van der Waals surface area contributed by atoms with Gasteiger partial charge < -0.3 is 14.0 Å². The van der Waals surface area contributed by atoms with Gasteiger partial charge in [-0.1, -0.05) is 48.5 Å². The van der Waals surface area contributed by atoms with Gasteiger partial charge in [-0.2, -0.15) is 5.11 Å². The summed E-state index contributed by atoms with van der Waals surface area (Å²) in [6, 6.07) is 27.6. The van der Waals surface area contributed by atoms with E-state index in [-0.39, 0.29) is 70.5 Å². The maximum atomic E-state index is 12.3. The van der Waals surface area contributed by atoms with Gasteiger partial charge in [0.05, 0.1) is 26.9 Å². The van der Waals surface area contributed by atoms with Crippen LogP contribution in [0, 0.1) is 6.92 Å². The summed E-state index contributed by atoms with van der Waals surface area (Å²) in [5.41, 5.74) is 3.27. The Labute approximate surface area is 311 Å². The molecule has 0 heterocycles. The van der Waals surface area contributed by atoms with Crippen molar-refractivity contribution in [3.63, 3.8) is 0 Å². The predicted molar refractivity (Wildman–Crippen MR) is 165 cm³/mol. The van der Waals surface area contributed by atoms with Crippen molar-refractivity contribution >= 4 is 65.1 Å². The van der Waals surface area contributed by atoms with E-state index in [0.717, 1.165) is 17.3 Å². The third-order valence-corrected chi connectivity index (χ3v) is 8.47. The maximum absolute atomic E-state index is 12.3. The Hall–Kier alpha value is -2.82. The van der Waals surface area contributed by atoms with Gasteiger partial charge in [-0.15, -0.1) is 15.3 Å². The molecule has 0 bridgehead atoms. The Morgan fingerprint density at radius 3 is 1.78 bits per heavy atom. The third-order valence-electron chi connectivity index (χ3n) is 6.77. The van der Waals surface area contributed by atoms with Gasteiger partial charge in [0.1, 0.15) is 25.9 Å². The van der Waals surface area contributed by atoms with Crippen molar-refractivity contribution < 1.29 is 85.1 Å². The van der Waals surface area contributed by atoms with E-state index in [0.29, 0.717) is 34.4 Å². The predicted octanol–water partition coefficient (Wildman–Crippen LogP) is 1.95. The fraction of sp³-hybridized carbons (Fsp3) is 0.0968. The fourth-order valence-electron chi connectivity index (χ4n) is 4.67. The number of hydrogen-bond acceptors (Lipinski definition) is 11. The SMILES string of the molecule is CCN(c1ccc(N=Nc2ccc(N=Nc3cccc(S(=O)(=O)[O-])c3)c3ccccc23)c(S(=O)(=O)[O-])c1)c1ccccc1C.[Na+].[Na+]. The van der Waals surface area contributed by atoms with Gasteiger partial charge in [0, 0.05) is 28.7 Å². The van der Waals surface area contributed by atoms with Gasteiger partial charge in [-0.05, 0) is 74.0 Å². The summed E-state index contributed by atoms with van der Waals surface area (Å²) in [4.78, 5) is 0.990. The molecule has 11 nitrogen and oxygen atoms in total. The third kappa shape index (κ3) is 8.75. The standard InChI is InChI=1S/C31H27N5O6S2.2Na/c1-3-36(30-14-7-4-9-21(30)2)23-15-16-29(31(20-23)44(40,41)42)35-34-28-18-17-27(25-12-5-6-13-26(25)28)33-32-22-10-8-11-24(19-22)43(37,38)39;;/h4-20H,3H2,1-2H3,(H,37,38,39)(H,40,41,42);;/q;2*+1/p-2. The van der Waals surface area contributed by atoms with E-state index >= 15 is 0 Å². The molecule has 0 unspecified atom stereocenters. The number of aryl methyl sites for hydroxylation is 1. The first kappa shape index (κ1) is 37.6. The molecule has 0 aliphatic rings. The zero-order valence-electron chi connectivity index (χ0n) is 25.5. The molecule has 5 aromatic rings. The van der Waals surface area contributed by atoms with Gasteiger partial charge in [-0.3, -0.25) is 0 Å². The monoisotopic (exact) mass is 673 g/mol. The minimum atomic E-state index is -4.90. The molecule has 46 heavy (non-hydrogen) atoms. The Balaban J connectivity index is 0.00000288. The molecule has 0 aliphatic heterocycles. The summed E-state index contributed by atoms with van der Waals surface area (Å²) in [6.45, 7) is 4.40. The Morgan fingerprint density at radius 1 is 0.630 bits per heavy atom. The molecular formula is C31H25N5Na2O6S2. The van der Waals surface area contributed by atoms with E-state index in [9.17, 15) is 25.9 Å². The zero-order valence-corrected chi connectivity index (χ0v) is 31.2. The average Bonchev–Trinajstić information content (AvgIpc) is 3.00. The number of nitrogens with zero attached hydrogens (tertiary/aromatic N) is 5. The minimum Gasteiger partial charge on any atom is -0.744 e. The largest absolute Gasteiger partial charge is 1.00 e. The van der Waals surface area contributed by atoms with E-state index in [2.05, 4.69) is 20.5 Å². The molecule has 5 rings (SSSR count). The molecule has 5 aromatic carbocycles. The zero-order chi connectivity index (χ0) is 31.5. The molecule has 0 radical (unpaired) electrons. The normalized spacial score (nSPS) is 11.8. The van der Waals surface area contributed by atoms with Gasteiger partial charge >= 0.3 is 59.1 Å². The van der Waals surface area contributed by atoms with Gasteiger partial charge in [-0.25, -0.2) is 16.8 Å². The van der Waals surface area contributed by atoms with Crippen LogP contribution in [0.3, 0.4) is 0 Å². The van der Waals surface area contributed by atoms with Crippen LogP contribution in [-0.2, 0) is 20.2 Å². The van der Waals surface area contributed by atoms with E-state index < -0.39 is 30.0 Å². The average molecular weight is 674 g/mol. The summed E-state index contributed by atoms with van der Waals surface area (Å²) in [6.07, 6.45) is 0. The molecule has 0 fully saturated rings. The van der Waals surface area contributed by atoms with Gasteiger partial charge in [0.15, 0.2) is 0 Å². The van der Waals surface area contributed by atoms with E-state index in [1.165, 1.54) is 30.3 Å². The van der Waals surface area contributed by atoms with Crippen LogP contribution in [0.5, 0.6) is 0 Å². The van der Waals surface area contributed by atoms with Crippen LogP contribution in [0.2, 0.25) is 0 Å². The molecule has 0 amide bonds. The Bertz CT molecular complexity index is 2160. The van der Waals surface area contributed by atoms with E-state index in [1.54, 1.807) is 42.5 Å². The number of rotatable bonds is 9. The van der Waals surface area contributed by atoms with Crippen molar-refractivity contribution in [3.8, 4) is 0 Å². The van der Waals surface area contributed by atoms with Crippen molar-refractivity contribution in [2.75, 3.05) is 11.4 Å². The second-order valence-corrected chi connectivity index (χ2v) is 12.4.